The van der Waals surface area contributed by atoms with Crippen LogP contribution in [0.25, 0.3) is 5.57 Å². The molecule has 0 radical (unpaired) electrons. The zero-order valence-corrected chi connectivity index (χ0v) is 12.0. The molecule has 0 fully saturated rings. The van der Waals surface area contributed by atoms with Gasteiger partial charge >= 0.3 is 0 Å². The fourth-order valence-electron chi connectivity index (χ4n) is 1.43. The van der Waals surface area contributed by atoms with E-state index in [1.807, 2.05) is 54.6 Å². The van der Waals surface area contributed by atoms with Gasteiger partial charge in [0.1, 0.15) is 0 Å². The van der Waals surface area contributed by atoms with E-state index in [2.05, 4.69) is 22.5 Å². The van der Waals surface area contributed by atoms with Crippen molar-refractivity contribution < 1.29 is 4.79 Å². The van der Waals surface area contributed by atoms with Crippen LogP contribution in [0.1, 0.15) is 5.56 Å². The summed E-state index contributed by atoms with van der Waals surface area (Å²) in [5, 5.41) is -0.0245. The van der Waals surface area contributed by atoms with E-state index in [0.717, 1.165) is 14.9 Å². The molecular weight excluding hydrogens is 308 g/mol. The minimum Gasteiger partial charge on any atom is -0.281 e. The Hall–Kier alpha value is -1.32. The molecular formula is C15H11BrOS. The summed E-state index contributed by atoms with van der Waals surface area (Å²) in [5.41, 5.74) is 1.40. The van der Waals surface area contributed by atoms with Crippen molar-refractivity contribution in [3.05, 3.63) is 71.2 Å². The Morgan fingerprint density at radius 2 is 1.61 bits per heavy atom. The van der Waals surface area contributed by atoms with Gasteiger partial charge in [-0.25, -0.2) is 0 Å². The number of rotatable bonds is 3. The Kier molecular flexibility index (Phi) is 4.39. The summed E-state index contributed by atoms with van der Waals surface area (Å²) in [6.07, 6.45) is 0. The predicted molar refractivity (Wildman–Crippen MR) is 80.5 cm³/mol. The van der Waals surface area contributed by atoms with E-state index < -0.39 is 0 Å². The van der Waals surface area contributed by atoms with Gasteiger partial charge in [0.15, 0.2) is 0 Å². The van der Waals surface area contributed by atoms with Crippen molar-refractivity contribution >= 4 is 38.4 Å². The van der Waals surface area contributed by atoms with E-state index in [9.17, 15) is 4.79 Å². The van der Waals surface area contributed by atoms with Gasteiger partial charge in [-0.2, -0.15) is 0 Å². The number of thioether (sulfide) groups is 1. The SMILES string of the molecule is C=C(C(=O)Sc1ccc(Br)cc1)c1ccccc1. The van der Waals surface area contributed by atoms with Crippen molar-refractivity contribution in [1.82, 2.24) is 0 Å². The van der Waals surface area contributed by atoms with Crippen LogP contribution in [0.3, 0.4) is 0 Å². The molecule has 0 atom stereocenters. The molecule has 3 heteroatoms. The lowest BCUT2D eigenvalue weighted by atomic mass is 10.1. The first-order valence-electron chi connectivity index (χ1n) is 5.39. The first-order valence-corrected chi connectivity index (χ1v) is 7.00. The van der Waals surface area contributed by atoms with Crippen LogP contribution in [0.2, 0.25) is 0 Å². The first kappa shape index (κ1) is 13.1. The van der Waals surface area contributed by atoms with Gasteiger partial charge in [-0.3, -0.25) is 4.79 Å². The zero-order chi connectivity index (χ0) is 13.0. The van der Waals surface area contributed by atoms with Gasteiger partial charge in [0.2, 0.25) is 5.12 Å². The van der Waals surface area contributed by atoms with Crippen LogP contribution in [0, 0.1) is 0 Å². The Labute approximate surface area is 119 Å². The van der Waals surface area contributed by atoms with Crippen LogP contribution in [-0.2, 0) is 4.79 Å². The number of halogens is 1. The van der Waals surface area contributed by atoms with E-state index in [1.165, 1.54) is 11.8 Å². The third kappa shape index (κ3) is 3.34. The summed E-state index contributed by atoms with van der Waals surface area (Å²) >= 11 is 4.56. The molecule has 2 aromatic rings. The summed E-state index contributed by atoms with van der Waals surface area (Å²) in [6.45, 7) is 3.86. The minimum atomic E-state index is -0.0245. The van der Waals surface area contributed by atoms with Gasteiger partial charge in [0.05, 0.1) is 0 Å². The van der Waals surface area contributed by atoms with Crippen LogP contribution in [-0.4, -0.2) is 5.12 Å². The zero-order valence-electron chi connectivity index (χ0n) is 9.60. The van der Waals surface area contributed by atoms with Gasteiger partial charge in [-0.1, -0.05) is 52.8 Å². The Morgan fingerprint density at radius 1 is 1.00 bits per heavy atom. The third-order valence-corrected chi connectivity index (χ3v) is 3.86. The topological polar surface area (TPSA) is 17.1 Å². The second-order valence-corrected chi connectivity index (χ2v) is 5.65. The molecule has 0 amide bonds. The molecule has 0 aromatic heterocycles. The molecule has 0 bridgehead atoms. The largest absolute Gasteiger partial charge is 0.281 e. The highest BCUT2D eigenvalue weighted by Gasteiger charge is 2.10. The molecule has 90 valence electrons. The molecule has 2 rings (SSSR count). The molecule has 18 heavy (non-hydrogen) atoms. The molecule has 0 N–H and O–H groups in total. The first-order chi connectivity index (χ1) is 8.66. The molecule has 0 aliphatic heterocycles. The minimum absolute atomic E-state index is 0.0245. The quantitative estimate of drug-likeness (QED) is 0.598. The highest BCUT2D eigenvalue weighted by atomic mass is 79.9. The van der Waals surface area contributed by atoms with Crippen molar-refractivity contribution in [3.63, 3.8) is 0 Å². The monoisotopic (exact) mass is 318 g/mol. The maximum atomic E-state index is 12.0. The number of carbonyl (C=O) groups excluding carboxylic acids is 1. The predicted octanol–water partition coefficient (Wildman–Crippen LogP) is 4.78. The molecule has 0 aliphatic rings. The number of carbonyl (C=O) groups is 1. The van der Waals surface area contributed by atoms with Crippen molar-refractivity contribution in [2.45, 2.75) is 4.90 Å². The average Bonchev–Trinajstić information content (AvgIpc) is 2.41. The Bertz CT molecular complexity index is 561. The molecule has 0 spiro atoms. The van der Waals surface area contributed by atoms with E-state index in [-0.39, 0.29) is 5.12 Å². The van der Waals surface area contributed by atoms with Gasteiger partial charge in [-0.05, 0) is 41.6 Å². The number of hydrogen-bond donors (Lipinski definition) is 0. The molecule has 0 unspecified atom stereocenters. The Balaban J connectivity index is 2.09. The van der Waals surface area contributed by atoms with Gasteiger partial charge in [0, 0.05) is 14.9 Å². The fourth-order valence-corrected chi connectivity index (χ4v) is 2.42. The van der Waals surface area contributed by atoms with Crippen LogP contribution in [0.5, 0.6) is 0 Å². The lowest BCUT2D eigenvalue weighted by molar-refractivity contribution is -0.106. The number of benzene rings is 2. The highest BCUT2D eigenvalue weighted by Crippen LogP contribution is 2.27. The van der Waals surface area contributed by atoms with E-state index in [4.69, 9.17) is 0 Å². The summed E-state index contributed by atoms with van der Waals surface area (Å²) in [4.78, 5) is 13.0. The summed E-state index contributed by atoms with van der Waals surface area (Å²) in [5.74, 6) is 0. The van der Waals surface area contributed by atoms with Gasteiger partial charge in [0.25, 0.3) is 0 Å². The second kappa shape index (κ2) is 6.03. The van der Waals surface area contributed by atoms with Crippen molar-refractivity contribution in [1.29, 1.82) is 0 Å². The number of hydrogen-bond acceptors (Lipinski definition) is 2. The highest BCUT2D eigenvalue weighted by molar-refractivity contribution is 9.10. The third-order valence-electron chi connectivity index (χ3n) is 2.39. The smallest absolute Gasteiger partial charge is 0.224 e. The van der Waals surface area contributed by atoms with Gasteiger partial charge < -0.3 is 0 Å². The molecule has 0 saturated carbocycles. The maximum absolute atomic E-state index is 12.0. The summed E-state index contributed by atoms with van der Waals surface area (Å²) in [6, 6.07) is 17.2. The molecule has 0 heterocycles. The van der Waals surface area contributed by atoms with Crippen LogP contribution in [0.4, 0.5) is 0 Å². The fraction of sp³-hybridized carbons (Fsp3) is 0. The lowest BCUT2D eigenvalue weighted by Gasteiger charge is -2.04. The summed E-state index contributed by atoms with van der Waals surface area (Å²) in [7, 11) is 0. The van der Waals surface area contributed by atoms with Crippen molar-refractivity contribution in [2.24, 2.45) is 0 Å². The van der Waals surface area contributed by atoms with E-state index in [1.54, 1.807) is 0 Å². The summed E-state index contributed by atoms with van der Waals surface area (Å²) < 4.78 is 1.00. The van der Waals surface area contributed by atoms with Gasteiger partial charge in [-0.15, -0.1) is 0 Å². The molecule has 0 aliphatic carbocycles. The molecule has 0 saturated heterocycles. The second-order valence-electron chi connectivity index (χ2n) is 3.69. The van der Waals surface area contributed by atoms with Crippen LogP contribution in [0.15, 0.2) is 70.5 Å². The average molecular weight is 319 g/mol. The van der Waals surface area contributed by atoms with Crippen molar-refractivity contribution in [3.8, 4) is 0 Å². The lowest BCUT2D eigenvalue weighted by Crippen LogP contribution is -1.94. The maximum Gasteiger partial charge on any atom is 0.224 e. The normalized spacial score (nSPS) is 10.1. The molecule has 2 aromatic carbocycles. The van der Waals surface area contributed by atoms with E-state index >= 15 is 0 Å². The molecule has 1 nitrogen and oxygen atoms in total. The van der Waals surface area contributed by atoms with Crippen LogP contribution < -0.4 is 0 Å². The standard InChI is InChI=1S/C15H11BrOS/c1-11(12-5-3-2-4-6-12)15(17)18-14-9-7-13(16)8-10-14/h2-10H,1H2. The van der Waals surface area contributed by atoms with E-state index in [0.29, 0.717) is 5.57 Å². The van der Waals surface area contributed by atoms with Crippen LogP contribution >= 0.6 is 27.7 Å². The Morgan fingerprint density at radius 3 is 2.22 bits per heavy atom. The van der Waals surface area contributed by atoms with Crippen molar-refractivity contribution in [2.75, 3.05) is 0 Å².